The summed E-state index contributed by atoms with van der Waals surface area (Å²) in [6.45, 7) is 4.45. The Morgan fingerprint density at radius 3 is 2.69 bits per heavy atom. The van der Waals surface area contributed by atoms with Crippen LogP contribution in [-0.4, -0.2) is 56.7 Å². The van der Waals surface area contributed by atoms with E-state index in [1.165, 1.54) is 16.6 Å². The summed E-state index contributed by atoms with van der Waals surface area (Å²) in [5.74, 6) is 1.02. The van der Waals surface area contributed by atoms with E-state index in [4.69, 9.17) is 4.74 Å². The van der Waals surface area contributed by atoms with Gasteiger partial charge in [-0.2, -0.15) is 0 Å². The zero-order valence-electron chi connectivity index (χ0n) is 20.8. The number of aliphatic hydroxyl groups excluding tert-OH is 1. The minimum absolute atomic E-state index is 0.0492. The average molecular weight is 485 g/mol. The number of ether oxygens (including phenoxy) is 1. The first-order valence-electron chi connectivity index (χ1n) is 12.4. The number of ketones is 1. The van der Waals surface area contributed by atoms with E-state index in [0.717, 1.165) is 37.3 Å². The third kappa shape index (κ3) is 4.79. The highest BCUT2D eigenvalue weighted by atomic mass is 16.5. The van der Waals surface area contributed by atoms with E-state index in [0.29, 0.717) is 23.8 Å². The fourth-order valence-electron chi connectivity index (χ4n) is 5.13. The van der Waals surface area contributed by atoms with E-state index in [1.807, 2.05) is 42.1 Å². The number of aromatic nitrogens is 3. The molecule has 0 radical (unpaired) electrons. The van der Waals surface area contributed by atoms with E-state index in [2.05, 4.69) is 38.7 Å². The lowest BCUT2D eigenvalue weighted by atomic mass is 9.93. The first-order valence-corrected chi connectivity index (χ1v) is 12.4. The number of benzene rings is 2. The maximum absolute atomic E-state index is 12.9. The Kier molecular flexibility index (Phi) is 6.91. The highest BCUT2D eigenvalue weighted by Gasteiger charge is 2.23. The highest BCUT2D eigenvalue weighted by Crippen LogP contribution is 2.33. The molecule has 2 aromatic carbocycles. The third-order valence-corrected chi connectivity index (χ3v) is 7.00. The van der Waals surface area contributed by atoms with Crippen molar-refractivity contribution < 1.29 is 14.6 Å². The van der Waals surface area contributed by atoms with Crippen molar-refractivity contribution in [2.45, 2.75) is 32.2 Å². The number of hydrogen-bond donors (Lipinski definition) is 1. The number of aliphatic hydroxyl groups is 1. The minimum Gasteiger partial charge on any atom is -0.495 e. The standard InChI is InChI=1S/C29H32N4O3/c1-21-19-32(20-30-21)26-8-7-24(18-29(26)36-2)28(35)11-14-31-12-9-22(10-13-31)27-17-23-5-3-4-6-25(23)33(27)15-16-34/h3-8,11,14,17-20,22,34H,9-10,12-13,15-16H2,1-2H3. The lowest BCUT2D eigenvalue weighted by Gasteiger charge is -2.31. The molecule has 0 aliphatic carbocycles. The molecule has 1 aliphatic rings. The smallest absolute Gasteiger partial charge is 0.187 e. The summed E-state index contributed by atoms with van der Waals surface area (Å²) in [6.07, 6.45) is 9.24. The second kappa shape index (κ2) is 10.4. The number of imidazole rings is 1. The number of carbonyl (C=O) groups is 1. The zero-order chi connectivity index (χ0) is 25.1. The van der Waals surface area contributed by atoms with Gasteiger partial charge < -0.3 is 23.9 Å². The minimum atomic E-state index is -0.0492. The average Bonchev–Trinajstić information content (AvgIpc) is 3.51. The van der Waals surface area contributed by atoms with Crippen LogP contribution in [0.5, 0.6) is 5.75 Å². The summed E-state index contributed by atoms with van der Waals surface area (Å²) in [5.41, 5.74) is 4.83. The first kappa shape index (κ1) is 23.9. The number of fused-ring (bicyclic) bond motifs is 1. The molecule has 3 heterocycles. The van der Waals surface area contributed by atoms with Crippen molar-refractivity contribution in [1.82, 2.24) is 19.0 Å². The maximum Gasteiger partial charge on any atom is 0.187 e. The van der Waals surface area contributed by atoms with E-state index in [1.54, 1.807) is 25.6 Å². The molecular weight excluding hydrogens is 452 g/mol. The number of methoxy groups -OCH3 is 1. The molecule has 0 saturated carbocycles. The highest BCUT2D eigenvalue weighted by molar-refractivity contribution is 6.04. The number of hydrogen-bond acceptors (Lipinski definition) is 5. The molecule has 7 nitrogen and oxygen atoms in total. The van der Waals surface area contributed by atoms with Crippen LogP contribution >= 0.6 is 0 Å². The molecule has 1 fully saturated rings. The van der Waals surface area contributed by atoms with Gasteiger partial charge in [-0.1, -0.05) is 18.2 Å². The second-order valence-electron chi connectivity index (χ2n) is 9.30. The van der Waals surface area contributed by atoms with Gasteiger partial charge in [0.05, 0.1) is 31.4 Å². The molecular formula is C29H32N4O3. The van der Waals surface area contributed by atoms with Crippen LogP contribution in [0.15, 0.2) is 73.3 Å². The first-order chi connectivity index (χ1) is 17.6. The second-order valence-corrected chi connectivity index (χ2v) is 9.30. The SMILES string of the molecule is COc1cc(C(=O)C=CN2CCC(c3cc4ccccc4n3CCO)CC2)ccc1-n1cnc(C)c1. The van der Waals surface area contributed by atoms with Gasteiger partial charge in [-0.15, -0.1) is 0 Å². The van der Waals surface area contributed by atoms with Gasteiger partial charge >= 0.3 is 0 Å². The zero-order valence-corrected chi connectivity index (χ0v) is 20.8. The molecule has 0 unspecified atom stereocenters. The topological polar surface area (TPSA) is 72.5 Å². The van der Waals surface area contributed by atoms with E-state index in [9.17, 15) is 9.90 Å². The summed E-state index contributed by atoms with van der Waals surface area (Å²) in [5, 5.41) is 10.8. The Balaban J connectivity index is 1.24. The molecule has 0 bridgehead atoms. The number of likely N-dealkylation sites (tertiary alicyclic amines) is 1. The van der Waals surface area contributed by atoms with E-state index in [-0.39, 0.29) is 12.4 Å². The number of carbonyl (C=O) groups excluding carboxylic acids is 1. The van der Waals surface area contributed by atoms with Gasteiger partial charge in [0.2, 0.25) is 0 Å². The van der Waals surface area contributed by atoms with Crippen molar-refractivity contribution in [3.05, 3.63) is 90.3 Å². The third-order valence-electron chi connectivity index (χ3n) is 7.00. The van der Waals surface area contributed by atoms with Gasteiger partial charge in [0.15, 0.2) is 5.78 Å². The van der Waals surface area contributed by atoms with Gasteiger partial charge in [0, 0.05) is 60.8 Å². The fraction of sp³-hybridized carbons (Fsp3) is 0.310. The van der Waals surface area contributed by atoms with Crippen LogP contribution in [0.4, 0.5) is 0 Å². The summed E-state index contributed by atoms with van der Waals surface area (Å²) in [7, 11) is 1.61. The van der Waals surface area contributed by atoms with Crippen LogP contribution < -0.4 is 4.74 Å². The van der Waals surface area contributed by atoms with Gasteiger partial charge in [-0.25, -0.2) is 4.98 Å². The van der Waals surface area contributed by atoms with Crippen LogP contribution in [0.25, 0.3) is 16.6 Å². The van der Waals surface area contributed by atoms with Gasteiger partial charge in [-0.05, 0) is 55.5 Å². The molecule has 4 aromatic rings. The monoisotopic (exact) mass is 484 g/mol. The van der Waals surface area contributed by atoms with Crippen LogP contribution in [0.3, 0.4) is 0 Å². The Morgan fingerprint density at radius 2 is 1.97 bits per heavy atom. The molecule has 0 amide bonds. The van der Waals surface area contributed by atoms with E-state index < -0.39 is 0 Å². The maximum atomic E-state index is 12.9. The molecule has 0 atom stereocenters. The van der Waals surface area contributed by atoms with Crippen LogP contribution in [0, 0.1) is 6.92 Å². The van der Waals surface area contributed by atoms with Crippen molar-refractivity contribution >= 4 is 16.7 Å². The quantitative estimate of drug-likeness (QED) is 0.290. The number of allylic oxidation sites excluding steroid dienone is 1. The number of para-hydroxylation sites is 1. The van der Waals surface area contributed by atoms with Crippen molar-refractivity contribution in [1.29, 1.82) is 0 Å². The summed E-state index contributed by atoms with van der Waals surface area (Å²) < 4.78 is 9.70. The van der Waals surface area contributed by atoms with E-state index >= 15 is 0 Å². The summed E-state index contributed by atoms with van der Waals surface area (Å²) >= 11 is 0. The normalized spacial score (nSPS) is 14.7. The molecule has 0 spiro atoms. The molecule has 7 heteroatoms. The predicted octanol–water partition coefficient (Wildman–Crippen LogP) is 4.71. The van der Waals surface area contributed by atoms with Gasteiger partial charge in [-0.3, -0.25) is 4.79 Å². The Bertz CT molecular complexity index is 1390. The molecule has 5 rings (SSSR count). The number of rotatable bonds is 8. The molecule has 1 aliphatic heterocycles. The molecule has 2 aromatic heterocycles. The number of aryl methyl sites for hydroxylation is 1. The van der Waals surface area contributed by atoms with Gasteiger partial charge in [0.25, 0.3) is 0 Å². The van der Waals surface area contributed by atoms with Crippen molar-refractivity contribution in [2.75, 3.05) is 26.8 Å². The molecule has 36 heavy (non-hydrogen) atoms. The summed E-state index contributed by atoms with van der Waals surface area (Å²) in [4.78, 5) is 19.4. The molecule has 186 valence electrons. The number of nitrogens with zero attached hydrogens (tertiary/aromatic N) is 4. The van der Waals surface area contributed by atoms with Crippen LogP contribution in [0.2, 0.25) is 0 Å². The number of piperidine rings is 1. The van der Waals surface area contributed by atoms with Crippen molar-refractivity contribution in [3.63, 3.8) is 0 Å². The molecule has 1 N–H and O–H groups in total. The lowest BCUT2D eigenvalue weighted by Crippen LogP contribution is -2.29. The summed E-state index contributed by atoms with van der Waals surface area (Å²) in [6, 6.07) is 16.1. The largest absolute Gasteiger partial charge is 0.495 e. The molecule has 1 saturated heterocycles. The van der Waals surface area contributed by atoms with Crippen LogP contribution in [0.1, 0.15) is 40.5 Å². The lowest BCUT2D eigenvalue weighted by molar-refractivity contribution is 0.104. The predicted molar refractivity (Wildman–Crippen MR) is 141 cm³/mol. The van der Waals surface area contributed by atoms with Crippen LogP contribution in [-0.2, 0) is 6.54 Å². The van der Waals surface area contributed by atoms with Crippen molar-refractivity contribution in [3.8, 4) is 11.4 Å². The van der Waals surface area contributed by atoms with Crippen molar-refractivity contribution in [2.24, 2.45) is 0 Å². The van der Waals surface area contributed by atoms with Gasteiger partial charge in [0.1, 0.15) is 5.75 Å². The Labute approximate surface area is 211 Å². The fourth-order valence-corrected chi connectivity index (χ4v) is 5.13. The Morgan fingerprint density at radius 1 is 1.17 bits per heavy atom. The Hall–Kier alpha value is -3.84.